The number of piperidine rings is 1. The van der Waals surface area contributed by atoms with Crippen molar-refractivity contribution in [3.8, 4) is 11.1 Å². The monoisotopic (exact) mass is 426 g/mol. The Bertz CT molecular complexity index is 1360. The van der Waals surface area contributed by atoms with Crippen LogP contribution < -0.4 is 5.56 Å². The van der Waals surface area contributed by atoms with Gasteiger partial charge in [0.15, 0.2) is 0 Å². The number of carbonyl (C=O) groups is 1. The SMILES string of the molecule is O=C(c1cccs1)N1C[C@H]2C[C@H](C1)c1ccc(-c3ccc4ccccc4c3)c(=O)n1C2. The maximum atomic E-state index is 13.5. The van der Waals surface area contributed by atoms with Crippen molar-refractivity contribution >= 4 is 28.0 Å². The number of rotatable bonds is 2. The van der Waals surface area contributed by atoms with Crippen LogP contribution in [-0.4, -0.2) is 28.5 Å². The second-order valence-corrected chi connectivity index (χ2v) is 9.58. The van der Waals surface area contributed by atoms with Crippen molar-refractivity contribution in [2.24, 2.45) is 5.92 Å². The third kappa shape index (κ3) is 3.12. The summed E-state index contributed by atoms with van der Waals surface area (Å²) in [6, 6.07) is 22.3. The number of nitrogens with zero attached hydrogens (tertiary/aromatic N) is 2. The zero-order chi connectivity index (χ0) is 20.9. The highest BCUT2D eigenvalue weighted by Crippen LogP contribution is 2.36. The van der Waals surface area contributed by atoms with Gasteiger partial charge in [0.05, 0.1) is 4.88 Å². The van der Waals surface area contributed by atoms with E-state index in [1.165, 1.54) is 16.7 Å². The molecule has 4 heterocycles. The molecule has 0 unspecified atom stereocenters. The lowest BCUT2D eigenvalue weighted by atomic mass is 9.82. The first-order valence-electron chi connectivity index (χ1n) is 10.7. The van der Waals surface area contributed by atoms with E-state index >= 15 is 0 Å². The number of aromatic nitrogens is 1. The summed E-state index contributed by atoms with van der Waals surface area (Å²) in [5.74, 6) is 0.655. The van der Waals surface area contributed by atoms with E-state index in [2.05, 4.69) is 30.3 Å². The lowest BCUT2D eigenvalue weighted by Gasteiger charge is -2.42. The Morgan fingerprint density at radius 3 is 2.61 bits per heavy atom. The van der Waals surface area contributed by atoms with Crippen LogP contribution >= 0.6 is 11.3 Å². The number of hydrogen-bond donors (Lipinski definition) is 0. The molecule has 1 saturated heterocycles. The Balaban J connectivity index is 1.35. The molecule has 0 spiro atoms. The molecular weight excluding hydrogens is 404 g/mol. The molecule has 2 atom stereocenters. The largest absolute Gasteiger partial charge is 0.337 e. The van der Waals surface area contributed by atoms with E-state index in [1.54, 1.807) is 0 Å². The van der Waals surface area contributed by atoms with Crippen LogP contribution in [-0.2, 0) is 6.54 Å². The van der Waals surface area contributed by atoms with Gasteiger partial charge >= 0.3 is 0 Å². The maximum Gasteiger partial charge on any atom is 0.263 e. The Labute approximate surface area is 184 Å². The van der Waals surface area contributed by atoms with Crippen LogP contribution in [0.4, 0.5) is 0 Å². The lowest BCUT2D eigenvalue weighted by Crippen LogP contribution is -2.49. The van der Waals surface area contributed by atoms with E-state index < -0.39 is 0 Å². The summed E-state index contributed by atoms with van der Waals surface area (Å²) < 4.78 is 1.97. The first kappa shape index (κ1) is 18.6. The van der Waals surface area contributed by atoms with E-state index in [0.29, 0.717) is 19.0 Å². The molecule has 2 aliphatic heterocycles. The van der Waals surface area contributed by atoms with Crippen LogP contribution in [0.2, 0.25) is 0 Å². The average Bonchev–Trinajstić information content (AvgIpc) is 3.34. The van der Waals surface area contributed by atoms with Crippen LogP contribution in [0.15, 0.2) is 76.9 Å². The van der Waals surface area contributed by atoms with E-state index in [0.717, 1.165) is 40.0 Å². The van der Waals surface area contributed by atoms with E-state index in [1.807, 2.05) is 51.2 Å². The minimum atomic E-state index is 0.0838. The predicted molar refractivity (Wildman–Crippen MR) is 125 cm³/mol. The van der Waals surface area contributed by atoms with Crippen LogP contribution in [0.25, 0.3) is 21.9 Å². The summed E-state index contributed by atoms with van der Waals surface area (Å²) >= 11 is 1.49. The molecule has 0 radical (unpaired) electrons. The van der Waals surface area contributed by atoms with Crippen molar-refractivity contribution in [3.05, 3.63) is 93.0 Å². The molecule has 5 heteroatoms. The number of pyridine rings is 1. The van der Waals surface area contributed by atoms with E-state index in [-0.39, 0.29) is 17.4 Å². The van der Waals surface area contributed by atoms with Gasteiger partial charge in [-0.3, -0.25) is 9.59 Å². The number of likely N-dealkylation sites (tertiary alicyclic amines) is 1. The molecule has 0 saturated carbocycles. The molecule has 1 fully saturated rings. The highest BCUT2D eigenvalue weighted by atomic mass is 32.1. The zero-order valence-corrected chi connectivity index (χ0v) is 17.8. The number of hydrogen-bond acceptors (Lipinski definition) is 3. The summed E-state index contributed by atoms with van der Waals surface area (Å²) in [7, 11) is 0. The van der Waals surface area contributed by atoms with Crippen molar-refractivity contribution in [1.82, 2.24) is 9.47 Å². The molecule has 31 heavy (non-hydrogen) atoms. The van der Waals surface area contributed by atoms with Crippen molar-refractivity contribution in [1.29, 1.82) is 0 Å². The second kappa shape index (κ2) is 7.20. The fraction of sp³-hybridized carbons (Fsp3) is 0.231. The molecule has 2 bridgehead atoms. The molecule has 4 aromatic rings. The average molecular weight is 427 g/mol. The quantitative estimate of drug-likeness (QED) is 0.453. The minimum Gasteiger partial charge on any atom is -0.337 e. The van der Waals surface area contributed by atoms with Gasteiger partial charge < -0.3 is 9.47 Å². The van der Waals surface area contributed by atoms with Gasteiger partial charge in [0, 0.05) is 36.8 Å². The Morgan fingerprint density at radius 1 is 0.903 bits per heavy atom. The van der Waals surface area contributed by atoms with E-state index in [4.69, 9.17) is 0 Å². The number of benzene rings is 2. The van der Waals surface area contributed by atoms with Crippen molar-refractivity contribution in [3.63, 3.8) is 0 Å². The van der Waals surface area contributed by atoms with E-state index in [9.17, 15) is 9.59 Å². The number of amides is 1. The molecule has 0 aliphatic carbocycles. The summed E-state index contributed by atoms with van der Waals surface area (Å²) in [6.07, 6.45) is 1.04. The molecule has 2 aliphatic rings. The zero-order valence-electron chi connectivity index (χ0n) is 17.0. The smallest absolute Gasteiger partial charge is 0.263 e. The van der Waals surface area contributed by atoms with Gasteiger partial charge in [-0.2, -0.15) is 0 Å². The Hall–Kier alpha value is -3.18. The van der Waals surface area contributed by atoms with Crippen LogP contribution in [0, 0.1) is 5.92 Å². The topological polar surface area (TPSA) is 42.3 Å². The highest BCUT2D eigenvalue weighted by Gasteiger charge is 2.37. The third-order valence-corrected chi connectivity index (χ3v) is 7.54. The van der Waals surface area contributed by atoms with Gasteiger partial charge in [0.1, 0.15) is 0 Å². The number of carbonyl (C=O) groups excluding carboxylic acids is 1. The summed E-state index contributed by atoms with van der Waals surface area (Å²) in [6.45, 7) is 2.08. The number of thiophene rings is 1. The van der Waals surface area contributed by atoms with Crippen molar-refractivity contribution in [2.75, 3.05) is 13.1 Å². The van der Waals surface area contributed by atoms with Gasteiger partial charge in [-0.1, -0.05) is 42.5 Å². The summed E-state index contributed by atoms with van der Waals surface area (Å²) in [5.41, 5.74) is 2.86. The molecule has 4 nitrogen and oxygen atoms in total. The fourth-order valence-corrected chi connectivity index (χ4v) is 5.94. The van der Waals surface area contributed by atoms with Crippen molar-refractivity contribution in [2.45, 2.75) is 18.9 Å². The number of fused-ring (bicyclic) bond motifs is 5. The van der Waals surface area contributed by atoms with Crippen molar-refractivity contribution < 1.29 is 4.79 Å². The van der Waals surface area contributed by atoms with Gasteiger partial charge in [-0.05, 0) is 58.3 Å². The molecule has 0 N–H and O–H groups in total. The van der Waals surface area contributed by atoms with Crippen LogP contribution in [0.3, 0.4) is 0 Å². The predicted octanol–water partition coefficient (Wildman–Crippen LogP) is 4.99. The Kier molecular flexibility index (Phi) is 4.32. The normalized spacial score (nSPS) is 19.9. The van der Waals surface area contributed by atoms with Gasteiger partial charge in [-0.15, -0.1) is 11.3 Å². The summed E-state index contributed by atoms with van der Waals surface area (Å²) in [4.78, 5) is 29.1. The second-order valence-electron chi connectivity index (χ2n) is 8.64. The van der Waals surface area contributed by atoms with Crippen LogP contribution in [0.5, 0.6) is 0 Å². The Morgan fingerprint density at radius 2 is 1.77 bits per heavy atom. The van der Waals surface area contributed by atoms with Gasteiger partial charge in [-0.25, -0.2) is 0 Å². The molecule has 2 aromatic heterocycles. The first-order valence-corrected chi connectivity index (χ1v) is 11.6. The maximum absolute atomic E-state index is 13.5. The standard InChI is InChI=1S/C26H22N2O2S/c29-25-22(20-8-7-18-4-1-2-5-19(18)13-20)9-10-23-21-12-17(15-28(23)25)14-27(16-21)26(30)24-6-3-11-31-24/h1-11,13,17,21H,12,14-16H2/t17-,21-/m1/s1. The van der Waals surface area contributed by atoms with Gasteiger partial charge in [0.2, 0.25) is 0 Å². The van der Waals surface area contributed by atoms with Crippen LogP contribution in [0.1, 0.15) is 27.7 Å². The molecule has 6 rings (SSSR count). The minimum absolute atomic E-state index is 0.0838. The highest BCUT2D eigenvalue weighted by molar-refractivity contribution is 7.12. The third-order valence-electron chi connectivity index (χ3n) is 6.68. The fourth-order valence-electron chi connectivity index (χ4n) is 5.24. The summed E-state index contributed by atoms with van der Waals surface area (Å²) in [5, 5.41) is 4.26. The molecule has 2 aromatic carbocycles. The first-order chi connectivity index (χ1) is 15.2. The molecular formula is C26H22N2O2S. The molecule has 154 valence electrons. The molecule has 1 amide bonds. The van der Waals surface area contributed by atoms with Gasteiger partial charge in [0.25, 0.3) is 11.5 Å². The lowest BCUT2D eigenvalue weighted by molar-refractivity contribution is 0.0599.